The molecule has 4 nitrogen and oxygen atoms in total. The number of rotatable bonds is 6. The molecule has 5 heteroatoms. The van der Waals surface area contributed by atoms with E-state index in [1.807, 2.05) is 44.4 Å². The fraction of sp³-hybridized carbons (Fsp3) is 0.412. The van der Waals surface area contributed by atoms with Crippen molar-refractivity contribution in [3.05, 3.63) is 40.9 Å². The predicted molar refractivity (Wildman–Crippen MR) is 90.1 cm³/mol. The average molecular weight is 318 g/mol. The Bertz CT molecular complexity index is 650. The van der Waals surface area contributed by atoms with Gasteiger partial charge < -0.3 is 10.4 Å². The summed E-state index contributed by atoms with van der Waals surface area (Å²) in [5.41, 5.74) is 2.46. The van der Waals surface area contributed by atoms with Crippen molar-refractivity contribution in [2.75, 3.05) is 13.2 Å². The van der Waals surface area contributed by atoms with E-state index in [0.717, 1.165) is 16.3 Å². The Labute approximate surface area is 135 Å². The van der Waals surface area contributed by atoms with Crippen LogP contribution in [0.2, 0.25) is 0 Å². The lowest BCUT2D eigenvalue weighted by Crippen LogP contribution is -2.34. The van der Waals surface area contributed by atoms with E-state index in [0.29, 0.717) is 18.5 Å². The number of amides is 1. The molecule has 0 atom stereocenters. The monoisotopic (exact) mass is 318 g/mol. The zero-order chi connectivity index (χ0) is 16.2. The summed E-state index contributed by atoms with van der Waals surface area (Å²) in [5.74, 6) is -0.0962. The molecule has 0 aliphatic heterocycles. The first-order valence-corrected chi connectivity index (χ1v) is 8.21. The van der Waals surface area contributed by atoms with Crippen LogP contribution in [0.4, 0.5) is 0 Å². The lowest BCUT2D eigenvalue weighted by atomic mass is 9.89. The summed E-state index contributed by atoms with van der Waals surface area (Å²) in [5, 5.41) is 14.9. The minimum Gasteiger partial charge on any atom is -0.396 e. The van der Waals surface area contributed by atoms with Crippen LogP contribution in [0.3, 0.4) is 0 Å². The number of nitrogens with one attached hydrogen (secondary N) is 1. The number of aromatic nitrogens is 1. The normalized spacial score (nSPS) is 11.5. The van der Waals surface area contributed by atoms with Gasteiger partial charge in [-0.3, -0.25) is 4.79 Å². The number of carbonyl (C=O) groups excluding carboxylic acids is 1. The van der Waals surface area contributed by atoms with Crippen molar-refractivity contribution < 1.29 is 9.90 Å². The van der Waals surface area contributed by atoms with E-state index in [1.54, 1.807) is 17.4 Å². The zero-order valence-electron chi connectivity index (χ0n) is 13.2. The number of hydrogen-bond donors (Lipinski definition) is 2. The predicted octanol–water partition coefficient (Wildman–Crippen LogP) is 3.26. The van der Waals surface area contributed by atoms with Crippen LogP contribution in [-0.2, 0) is 0 Å². The molecule has 1 aromatic carbocycles. The fourth-order valence-electron chi connectivity index (χ4n) is 2.09. The molecule has 2 aromatic rings. The van der Waals surface area contributed by atoms with Crippen molar-refractivity contribution in [3.63, 3.8) is 0 Å². The first-order chi connectivity index (χ1) is 10.4. The quantitative estimate of drug-likeness (QED) is 0.859. The van der Waals surface area contributed by atoms with Crippen LogP contribution in [0.15, 0.2) is 29.6 Å². The third-order valence-electron chi connectivity index (χ3n) is 3.51. The van der Waals surface area contributed by atoms with Gasteiger partial charge in [0.25, 0.3) is 5.91 Å². The second kappa shape index (κ2) is 7.03. The smallest absolute Gasteiger partial charge is 0.251 e. The maximum Gasteiger partial charge on any atom is 0.251 e. The zero-order valence-corrected chi connectivity index (χ0v) is 14.0. The Morgan fingerprint density at radius 2 is 2.18 bits per heavy atom. The van der Waals surface area contributed by atoms with Gasteiger partial charge in [-0.25, -0.2) is 4.98 Å². The highest BCUT2D eigenvalue weighted by Gasteiger charge is 2.18. The van der Waals surface area contributed by atoms with Gasteiger partial charge in [0.2, 0.25) is 0 Å². The number of aliphatic hydroxyl groups excluding tert-OH is 1. The summed E-state index contributed by atoms with van der Waals surface area (Å²) in [6, 6.07) is 7.51. The summed E-state index contributed by atoms with van der Waals surface area (Å²) >= 11 is 1.58. The van der Waals surface area contributed by atoms with Crippen molar-refractivity contribution in [1.29, 1.82) is 0 Å². The van der Waals surface area contributed by atoms with Crippen LogP contribution in [0.1, 0.15) is 36.3 Å². The van der Waals surface area contributed by atoms with Gasteiger partial charge >= 0.3 is 0 Å². The highest BCUT2D eigenvalue weighted by Crippen LogP contribution is 2.24. The van der Waals surface area contributed by atoms with Crippen LogP contribution in [-0.4, -0.2) is 29.1 Å². The molecule has 1 amide bonds. The Kier molecular flexibility index (Phi) is 5.32. The first kappa shape index (κ1) is 16.6. The van der Waals surface area contributed by atoms with E-state index in [9.17, 15) is 4.79 Å². The summed E-state index contributed by atoms with van der Waals surface area (Å²) in [6.07, 6.45) is 0.658. The Hall–Kier alpha value is -1.72. The third kappa shape index (κ3) is 4.39. The fourth-order valence-corrected chi connectivity index (χ4v) is 2.89. The van der Waals surface area contributed by atoms with E-state index in [2.05, 4.69) is 10.3 Å². The van der Waals surface area contributed by atoms with Gasteiger partial charge in [-0.2, -0.15) is 0 Å². The highest BCUT2D eigenvalue weighted by molar-refractivity contribution is 7.13. The molecule has 0 radical (unpaired) electrons. The van der Waals surface area contributed by atoms with Gasteiger partial charge in [0.1, 0.15) is 5.01 Å². The number of benzene rings is 1. The molecule has 2 rings (SSSR count). The van der Waals surface area contributed by atoms with Crippen LogP contribution in [0.25, 0.3) is 10.6 Å². The van der Waals surface area contributed by atoms with Gasteiger partial charge in [0, 0.05) is 35.4 Å². The molecule has 0 bridgehead atoms. The van der Waals surface area contributed by atoms with E-state index in [-0.39, 0.29) is 17.9 Å². The lowest BCUT2D eigenvalue weighted by Gasteiger charge is -2.23. The Balaban J connectivity index is 2.08. The summed E-state index contributed by atoms with van der Waals surface area (Å²) in [6.45, 7) is 6.67. The van der Waals surface area contributed by atoms with Crippen LogP contribution < -0.4 is 5.32 Å². The minimum absolute atomic E-state index is 0.0962. The maximum atomic E-state index is 12.3. The van der Waals surface area contributed by atoms with E-state index < -0.39 is 0 Å². The standard InChI is InChI=1S/C17H22N2O2S/c1-12-10-22-16(19-12)14-6-4-5-13(9-14)15(21)18-11-17(2,3)7-8-20/h4-6,9-10,20H,7-8,11H2,1-3H3,(H,18,21). The molecule has 0 fully saturated rings. The number of aliphatic hydroxyl groups is 1. The molecule has 0 aliphatic rings. The third-order valence-corrected chi connectivity index (χ3v) is 4.52. The molecule has 2 N–H and O–H groups in total. The number of thiazole rings is 1. The molecular formula is C17H22N2O2S. The highest BCUT2D eigenvalue weighted by atomic mass is 32.1. The molecule has 1 heterocycles. The molecule has 118 valence electrons. The van der Waals surface area contributed by atoms with Crippen molar-refractivity contribution in [2.45, 2.75) is 27.2 Å². The minimum atomic E-state index is -0.117. The number of carbonyl (C=O) groups is 1. The average Bonchev–Trinajstić information content (AvgIpc) is 2.92. The lowest BCUT2D eigenvalue weighted by molar-refractivity contribution is 0.0928. The van der Waals surface area contributed by atoms with Crippen molar-refractivity contribution in [3.8, 4) is 10.6 Å². The topological polar surface area (TPSA) is 62.2 Å². The maximum absolute atomic E-state index is 12.3. The van der Waals surface area contributed by atoms with Crippen molar-refractivity contribution in [2.24, 2.45) is 5.41 Å². The molecule has 0 saturated heterocycles. The van der Waals surface area contributed by atoms with E-state index >= 15 is 0 Å². The summed E-state index contributed by atoms with van der Waals surface area (Å²) < 4.78 is 0. The van der Waals surface area contributed by atoms with Crippen LogP contribution >= 0.6 is 11.3 Å². The van der Waals surface area contributed by atoms with Gasteiger partial charge in [-0.05, 0) is 30.9 Å². The van der Waals surface area contributed by atoms with Crippen LogP contribution in [0.5, 0.6) is 0 Å². The molecule has 22 heavy (non-hydrogen) atoms. The molecular weight excluding hydrogens is 296 g/mol. The molecule has 0 spiro atoms. The molecule has 0 unspecified atom stereocenters. The second-order valence-electron chi connectivity index (χ2n) is 6.20. The number of aryl methyl sites for hydroxylation is 1. The Morgan fingerprint density at radius 1 is 1.41 bits per heavy atom. The van der Waals surface area contributed by atoms with Gasteiger partial charge in [0.15, 0.2) is 0 Å². The Morgan fingerprint density at radius 3 is 2.82 bits per heavy atom. The molecule has 0 saturated carbocycles. The van der Waals surface area contributed by atoms with E-state index in [1.165, 1.54) is 0 Å². The second-order valence-corrected chi connectivity index (χ2v) is 7.05. The largest absolute Gasteiger partial charge is 0.396 e. The van der Waals surface area contributed by atoms with Crippen LogP contribution in [0, 0.1) is 12.3 Å². The van der Waals surface area contributed by atoms with Gasteiger partial charge in [-0.1, -0.05) is 26.0 Å². The van der Waals surface area contributed by atoms with Crippen molar-refractivity contribution >= 4 is 17.2 Å². The van der Waals surface area contributed by atoms with Gasteiger partial charge in [0.05, 0.1) is 0 Å². The number of nitrogens with zero attached hydrogens (tertiary/aromatic N) is 1. The van der Waals surface area contributed by atoms with E-state index in [4.69, 9.17) is 5.11 Å². The SMILES string of the molecule is Cc1csc(-c2cccc(C(=O)NCC(C)(C)CCO)c2)n1. The van der Waals surface area contributed by atoms with Gasteiger partial charge in [-0.15, -0.1) is 11.3 Å². The van der Waals surface area contributed by atoms with Crippen molar-refractivity contribution in [1.82, 2.24) is 10.3 Å². The molecule has 1 aromatic heterocycles. The first-order valence-electron chi connectivity index (χ1n) is 7.33. The summed E-state index contributed by atoms with van der Waals surface area (Å²) in [7, 11) is 0. The summed E-state index contributed by atoms with van der Waals surface area (Å²) in [4.78, 5) is 16.7. The number of hydrogen-bond acceptors (Lipinski definition) is 4. The molecule has 0 aliphatic carbocycles.